The van der Waals surface area contributed by atoms with Gasteiger partial charge in [-0.3, -0.25) is 9.59 Å². The molecule has 4 atom stereocenters. The molecule has 0 aromatic carbocycles. The summed E-state index contributed by atoms with van der Waals surface area (Å²) in [7, 11) is 0. The van der Waals surface area contributed by atoms with E-state index in [1.54, 1.807) is 11.3 Å². The number of hydrogen-bond acceptors (Lipinski definition) is 4. The molecule has 4 heterocycles. The minimum atomic E-state index is 0.119. The lowest BCUT2D eigenvalue weighted by Gasteiger charge is -2.54. The van der Waals surface area contributed by atoms with E-state index in [1.807, 2.05) is 0 Å². The van der Waals surface area contributed by atoms with Crippen LogP contribution in [0.25, 0.3) is 0 Å². The van der Waals surface area contributed by atoms with Crippen LogP contribution in [0.2, 0.25) is 0 Å². The average Bonchev–Trinajstić information content (AvgIpc) is 3.16. The highest BCUT2D eigenvalue weighted by atomic mass is 32.1. The fraction of sp³-hybridized carbons (Fsp3) is 0.700. The fourth-order valence-electron chi connectivity index (χ4n) is 5.08. The van der Waals surface area contributed by atoms with Crippen LogP contribution >= 0.6 is 11.3 Å². The molecule has 142 valence electrons. The largest absolute Gasteiger partial charge is 0.354 e. The lowest BCUT2D eigenvalue weighted by molar-refractivity contribution is -0.149. The number of carbonyl (C=O) groups excluding carboxylic acids is 2. The summed E-state index contributed by atoms with van der Waals surface area (Å²) in [4.78, 5) is 28.4. The molecule has 3 saturated heterocycles. The Balaban J connectivity index is 1.32. The average molecular weight is 376 g/mol. The van der Waals surface area contributed by atoms with Crippen molar-refractivity contribution in [3.05, 3.63) is 22.4 Å². The standard InChI is InChI=1S/C20H29N3O2S/c24-19(7-1-4-16-5-3-9-26-16)22-13-18-15-10-14(11-21-12-15)17-6-2-8-20(25)23(17)18/h3,5,9,14-15,17-18,21H,1-2,4,6-8,10-13H2,(H,22,24)/t14-,15+,17+,18+/m1/s1. The van der Waals surface area contributed by atoms with Crippen LogP contribution in [0, 0.1) is 11.8 Å². The molecule has 2 bridgehead atoms. The van der Waals surface area contributed by atoms with E-state index in [1.165, 1.54) is 11.3 Å². The third-order valence-electron chi connectivity index (χ3n) is 6.32. The monoisotopic (exact) mass is 375 g/mol. The molecular weight excluding hydrogens is 346 g/mol. The maximum Gasteiger partial charge on any atom is 0.223 e. The molecule has 5 nitrogen and oxygen atoms in total. The molecule has 0 aliphatic carbocycles. The van der Waals surface area contributed by atoms with Gasteiger partial charge in [0.25, 0.3) is 0 Å². The Bertz CT molecular complexity index is 633. The van der Waals surface area contributed by atoms with Crippen LogP contribution in [0.15, 0.2) is 17.5 Å². The normalized spacial score (nSPS) is 30.8. The number of nitrogens with one attached hydrogen (secondary N) is 2. The number of hydrogen-bond donors (Lipinski definition) is 2. The third-order valence-corrected chi connectivity index (χ3v) is 7.25. The Morgan fingerprint density at radius 3 is 3.08 bits per heavy atom. The van der Waals surface area contributed by atoms with Crippen molar-refractivity contribution in [2.45, 2.75) is 57.0 Å². The van der Waals surface area contributed by atoms with Crippen molar-refractivity contribution < 1.29 is 9.59 Å². The first kappa shape index (κ1) is 18.0. The fourth-order valence-corrected chi connectivity index (χ4v) is 5.83. The predicted molar refractivity (Wildman–Crippen MR) is 103 cm³/mol. The maximum atomic E-state index is 12.6. The minimum Gasteiger partial charge on any atom is -0.354 e. The van der Waals surface area contributed by atoms with Crippen molar-refractivity contribution in [2.24, 2.45) is 11.8 Å². The maximum absolute atomic E-state index is 12.6. The number of nitrogens with zero attached hydrogens (tertiary/aromatic N) is 1. The number of amides is 2. The van der Waals surface area contributed by atoms with Crippen LogP contribution < -0.4 is 10.6 Å². The van der Waals surface area contributed by atoms with Crippen LogP contribution in [0.1, 0.15) is 43.4 Å². The van der Waals surface area contributed by atoms with Gasteiger partial charge in [-0.15, -0.1) is 11.3 Å². The molecule has 1 aromatic heterocycles. The zero-order valence-corrected chi connectivity index (χ0v) is 16.1. The highest BCUT2D eigenvalue weighted by molar-refractivity contribution is 7.09. The minimum absolute atomic E-state index is 0.119. The molecule has 0 spiro atoms. The second kappa shape index (κ2) is 8.09. The Morgan fingerprint density at radius 1 is 1.35 bits per heavy atom. The van der Waals surface area contributed by atoms with E-state index >= 15 is 0 Å². The van der Waals surface area contributed by atoms with Gasteiger partial charge in [-0.2, -0.15) is 0 Å². The van der Waals surface area contributed by atoms with Gasteiger partial charge in [-0.1, -0.05) is 6.07 Å². The Morgan fingerprint density at radius 2 is 2.23 bits per heavy atom. The molecule has 2 amide bonds. The first-order valence-corrected chi connectivity index (χ1v) is 10.9. The second-order valence-electron chi connectivity index (χ2n) is 7.98. The second-order valence-corrected chi connectivity index (χ2v) is 9.01. The summed E-state index contributed by atoms with van der Waals surface area (Å²) in [6, 6.07) is 4.72. The van der Waals surface area contributed by atoms with Gasteiger partial charge in [0.15, 0.2) is 0 Å². The SMILES string of the molecule is O=C(CCCc1cccs1)NC[C@H]1[C@@H]2CNC[C@@H](C2)[C@@H]2CCCC(=O)N21. The quantitative estimate of drug-likeness (QED) is 0.801. The van der Waals surface area contributed by atoms with Crippen molar-refractivity contribution in [1.82, 2.24) is 15.5 Å². The zero-order chi connectivity index (χ0) is 17.9. The smallest absolute Gasteiger partial charge is 0.223 e. The molecule has 3 aliphatic heterocycles. The molecule has 3 fully saturated rings. The van der Waals surface area contributed by atoms with Crippen LogP contribution in [0.3, 0.4) is 0 Å². The predicted octanol–water partition coefficient (Wildman–Crippen LogP) is 2.18. The molecule has 0 unspecified atom stereocenters. The van der Waals surface area contributed by atoms with Crippen LogP contribution in [-0.4, -0.2) is 48.4 Å². The lowest BCUT2D eigenvalue weighted by Crippen LogP contribution is -2.66. The first-order chi connectivity index (χ1) is 12.7. The van der Waals surface area contributed by atoms with Gasteiger partial charge in [0.2, 0.25) is 11.8 Å². The summed E-state index contributed by atoms with van der Waals surface area (Å²) in [6.07, 6.45) is 6.42. The van der Waals surface area contributed by atoms with E-state index in [-0.39, 0.29) is 11.9 Å². The van der Waals surface area contributed by atoms with Crippen molar-refractivity contribution in [3.63, 3.8) is 0 Å². The van der Waals surface area contributed by atoms with Crippen LogP contribution in [-0.2, 0) is 16.0 Å². The van der Waals surface area contributed by atoms with E-state index in [9.17, 15) is 9.59 Å². The molecule has 2 N–H and O–H groups in total. The number of aryl methyl sites for hydroxylation is 1. The van der Waals surface area contributed by atoms with E-state index in [0.29, 0.717) is 43.2 Å². The summed E-state index contributed by atoms with van der Waals surface area (Å²) in [6.45, 7) is 2.61. The number of fused-ring (bicyclic) bond motifs is 4. The molecule has 3 aliphatic rings. The van der Waals surface area contributed by atoms with Gasteiger partial charge in [-0.05, 0) is 61.9 Å². The molecule has 4 rings (SSSR count). The summed E-state index contributed by atoms with van der Waals surface area (Å²) in [5.41, 5.74) is 0. The lowest BCUT2D eigenvalue weighted by atomic mass is 9.72. The Hall–Kier alpha value is -1.40. The topological polar surface area (TPSA) is 61.4 Å². The van der Waals surface area contributed by atoms with E-state index in [4.69, 9.17) is 0 Å². The third kappa shape index (κ3) is 3.81. The molecule has 6 heteroatoms. The van der Waals surface area contributed by atoms with Gasteiger partial charge in [0, 0.05) is 36.9 Å². The van der Waals surface area contributed by atoms with Gasteiger partial charge in [0.05, 0.1) is 6.04 Å². The number of carbonyl (C=O) groups is 2. The van der Waals surface area contributed by atoms with Crippen molar-refractivity contribution in [2.75, 3.05) is 19.6 Å². The summed E-state index contributed by atoms with van der Waals surface area (Å²) in [5, 5.41) is 8.76. The zero-order valence-electron chi connectivity index (χ0n) is 15.3. The molecular formula is C20H29N3O2S. The number of rotatable bonds is 6. The Labute approximate surface area is 159 Å². The highest BCUT2D eigenvalue weighted by Crippen LogP contribution is 2.39. The summed E-state index contributed by atoms with van der Waals surface area (Å²) < 4.78 is 0. The highest BCUT2D eigenvalue weighted by Gasteiger charge is 2.47. The Kier molecular flexibility index (Phi) is 5.60. The van der Waals surface area contributed by atoms with E-state index < -0.39 is 0 Å². The number of piperidine rings is 3. The van der Waals surface area contributed by atoms with E-state index in [0.717, 1.165) is 38.8 Å². The first-order valence-electron chi connectivity index (χ1n) is 10.0. The van der Waals surface area contributed by atoms with Crippen molar-refractivity contribution in [3.8, 4) is 0 Å². The van der Waals surface area contributed by atoms with E-state index in [2.05, 4.69) is 33.0 Å². The van der Waals surface area contributed by atoms with Gasteiger partial charge in [-0.25, -0.2) is 0 Å². The summed E-state index contributed by atoms with van der Waals surface area (Å²) in [5.74, 6) is 1.48. The molecule has 0 saturated carbocycles. The van der Waals surface area contributed by atoms with Gasteiger partial charge < -0.3 is 15.5 Å². The van der Waals surface area contributed by atoms with Crippen molar-refractivity contribution in [1.29, 1.82) is 0 Å². The van der Waals surface area contributed by atoms with Gasteiger partial charge in [0.1, 0.15) is 0 Å². The van der Waals surface area contributed by atoms with Crippen LogP contribution in [0.4, 0.5) is 0 Å². The number of thiophene rings is 1. The molecule has 0 radical (unpaired) electrons. The van der Waals surface area contributed by atoms with Crippen LogP contribution in [0.5, 0.6) is 0 Å². The van der Waals surface area contributed by atoms with Crippen molar-refractivity contribution >= 4 is 23.2 Å². The summed E-state index contributed by atoms with van der Waals surface area (Å²) >= 11 is 1.75. The molecule has 1 aromatic rings. The molecule has 26 heavy (non-hydrogen) atoms. The van der Waals surface area contributed by atoms with Gasteiger partial charge >= 0.3 is 0 Å².